The molecule has 33 heavy (non-hydrogen) atoms. The van der Waals surface area contributed by atoms with Crippen LogP contribution in [0.3, 0.4) is 0 Å². The Balaban J connectivity index is 1.58. The second-order valence-electron chi connectivity index (χ2n) is 8.28. The van der Waals surface area contributed by atoms with Gasteiger partial charge in [0.2, 0.25) is 0 Å². The fourth-order valence-corrected chi connectivity index (χ4v) is 4.39. The molecular formula is C27H31N3O3. The molecule has 0 saturated heterocycles. The third-order valence-corrected chi connectivity index (χ3v) is 6.21. The highest BCUT2D eigenvalue weighted by Crippen LogP contribution is 2.24. The molecule has 0 saturated carbocycles. The predicted molar refractivity (Wildman–Crippen MR) is 128 cm³/mol. The first-order valence-electron chi connectivity index (χ1n) is 11.6. The average Bonchev–Trinajstić information content (AvgIpc) is 3.26. The third-order valence-electron chi connectivity index (χ3n) is 6.21. The number of aromatic nitrogens is 1. The lowest BCUT2D eigenvalue weighted by Gasteiger charge is -2.22. The van der Waals surface area contributed by atoms with Crippen molar-refractivity contribution < 1.29 is 14.3 Å². The van der Waals surface area contributed by atoms with Crippen LogP contribution < -0.4 is 10.6 Å². The van der Waals surface area contributed by atoms with Crippen molar-refractivity contribution in [1.29, 1.82) is 0 Å². The highest BCUT2D eigenvalue weighted by molar-refractivity contribution is 6.01. The highest BCUT2D eigenvalue weighted by atomic mass is 16.5. The number of carbonyl (C=O) groups is 2. The van der Waals surface area contributed by atoms with Gasteiger partial charge >= 0.3 is 0 Å². The van der Waals surface area contributed by atoms with Crippen LogP contribution in [0, 0.1) is 0 Å². The first kappa shape index (κ1) is 22.8. The number of fused-ring (bicyclic) bond motifs is 1. The van der Waals surface area contributed by atoms with Gasteiger partial charge in [0, 0.05) is 6.54 Å². The summed E-state index contributed by atoms with van der Waals surface area (Å²) in [6.07, 6.45) is 1.54. The molecule has 0 fully saturated rings. The van der Waals surface area contributed by atoms with Crippen molar-refractivity contribution in [3.05, 3.63) is 94.8 Å². The van der Waals surface area contributed by atoms with Gasteiger partial charge in [-0.25, -0.2) is 0 Å². The Labute approximate surface area is 195 Å². The van der Waals surface area contributed by atoms with Crippen LogP contribution in [0.1, 0.15) is 76.4 Å². The molecule has 2 heterocycles. The monoisotopic (exact) mass is 445 g/mol. The van der Waals surface area contributed by atoms with Crippen molar-refractivity contribution in [3.63, 3.8) is 0 Å². The van der Waals surface area contributed by atoms with Crippen molar-refractivity contribution in [1.82, 2.24) is 15.2 Å². The predicted octanol–water partition coefficient (Wildman–Crippen LogP) is 4.78. The number of hydrogen-bond donors (Lipinski definition) is 2. The van der Waals surface area contributed by atoms with Crippen LogP contribution in [0.25, 0.3) is 0 Å². The highest BCUT2D eigenvalue weighted by Gasteiger charge is 2.28. The Bertz CT molecular complexity index is 1010. The van der Waals surface area contributed by atoms with Gasteiger partial charge in [-0.15, -0.1) is 0 Å². The van der Waals surface area contributed by atoms with E-state index in [9.17, 15) is 9.59 Å². The van der Waals surface area contributed by atoms with Gasteiger partial charge in [0.05, 0.1) is 36.6 Å². The van der Waals surface area contributed by atoms with Gasteiger partial charge in [-0.05, 0) is 30.0 Å². The SMILES string of the molecule is CC[C@H](NC(=O)c1cc(C(=O)N[C@H](CC)c2ccccc2)c2n1CCOC2)c1ccccc1. The summed E-state index contributed by atoms with van der Waals surface area (Å²) in [4.78, 5) is 26.6. The van der Waals surface area contributed by atoms with E-state index >= 15 is 0 Å². The minimum absolute atomic E-state index is 0.0930. The van der Waals surface area contributed by atoms with E-state index in [2.05, 4.69) is 10.6 Å². The fourth-order valence-electron chi connectivity index (χ4n) is 4.39. The molecule has 2 atom stereocenters. The molecule has 3 aromatic rings. The quantitative estimate of drug-likeness (QED) is 0.524. The molecule has 0 unspecified atom stereocenters. The molecule has 0 radical (unpaired) electrons. The maximum absolute atomic E-state index is 13.3. The summed E-state index contributed by atoms with van der Waals surface area (Å²) < 4.78 is 7.56. The molecule has 1 aliphatic heterocycles. The molecule has 2 N–H and O–H groups in total. The second-order valence-corrected chi connectivity index (χ2v) is 8.28. The average molecular weight is 446 g/mol. The molecule has 1 aromatic heterocycles. The van der Waals surface area contributed by atoms with E-state index in [-0.39, 0.29) is 23.9 Å². The lowest BCUT2D eigenvalue weighted by atomic mass is 10.0. The molecule has 172 valence electrons. The third kappa shape index (κ3) is 5.01. The summed E-state index contributed by atoms with van der Waals surface area (Å²) in [6.45, 7) is 5.47. The Morgan fingerprint density at radius 3 is 1.97 bits per heavy atom. The van der Waals surface area contributed by atoms with E-state index in [1.807, 2.05) is 79.1 Å². The molecule has 2 aromatic carbocycles. The molecular weight excluding hydrogens is 414 g/mol. The van der Waals surface area contributed by atoms with Crippen LogP contribution in [0.4, 0.5) is 0 Å². The van der Waals surface area contributed by atoms with Gasteiger partial charge in [0.15, 0.2) is 0 Å². The first-order valence-corrected chi connectivity index (χ1v) is 11.6. The van der Waals surface area contributed by atoms with Gasteiger partial charge in [-0.2, -0.15) is 0 Å². The number of rotatable bonds is 8. The molecule has 6 heteroatoms. The van der Waals surface area contributed by atoms with Gasteiger partial charge in [0.1, 0.15) is 5.69 Å². The number of ether oxygens (including phenoxy) is 1. The number of amides is 2. The molecule has 0 spiro atoms. The van der Waals surface area contributed by atoms with Gasteiger partial charge in [-0.1, -0.05) is 74.5 Å². The van der Waals surface area contributed by atoms with Crippen molar-refractivity contribution in [2.24, 2.45) is 0 Å². The van der Waals surface area contributed by atoms with E-state index in [0.29, 0.717) is 31.0 Å². The van der Waals surface area contributed by atoms with E-state index in [4.69, 9.17) is 4.74 Å². The molecule has 1 aliphatic rings. The largest absolute Gasteiger partial charge is 0.373 e. The molecule has 0 bridgehead atoms. The summed E-state index contributed by atoms with van der Waals surface area (Å²) in [5.74, 6) is -0.364. The van der Waals surface area contributed by atoms with E-state index in [1.54, 1.807) is 6.07 Å². The lowest BCUT2D eigenvalue weighted by molar-refractivity contribution is 0.0773. The minimum atomic E-state index is -0.186. The summed E-state index contributed by atoms with van der Waals surface area (Å²) in [5, 5.41) is 6.29. The zero-order valence-electron chi connectivity index (χ0n) is 19.2. The Morgan fingerprint density at radius 2 is 1.42 bits per heavy atom. The van der Waals surface area contributed by atoms with Crippen molar-refractivity contribution in [2.75, 3.05) is 6.61 Å². The lowest BCUT2D eigenvalue weighted by Crippen LogP contribution is -2.31. The fraction of sp³-hybridized carbons (Fsp3) is 0.333. The molecule has 2 amide bonds. The van der Waals surface area contributed by atoms with Crippen LogP contribution in [0.2, 0.25) is 0 Å². The summed E-state index contributed by atoms with van der Waals surface area (Å²) in [7, 11) is 0. The molecule has 4 rings (SSSR count). The van der Waals surface area contributed by atoms with Crippen LogP contribution >= 0.6 is 0 Å². The number of benzene rings is 2. The maximum atomic E-state index is 13.3. The minimum Gasteiger partial charge on any atom is -0.373 e. The Morgan fingerprint density at radius 1 is 0.879 bits per heavy atom. The zero-order valence-corrected chi connectivity index (χ0v) is 19.2. The van der Waals surface area contributed by atoms with Crippen LogP contribution in [-0.2, 0) is 17.9 Å². The Hall–Kier alpha value is -3.38. The van der Waals surface area contributed by atoms with E-state index < -0.39 is 0 Å². The van der Waals surface area contributed by atoms with Gasteiger partial charge in [-0.3, -0.25) is 9.59 Å². The van der Waals surface area contributed by atoms with Crippen LogP contribution in [-0.4, -0.2) is 23.0 Å². The smallest absolute Gasteiger partial charge is 0.268 e. The van der Waals surface area contributed by atoms with Crippen molar-refractivity contribution in [3.8, 4) is 0 Å². The standard InChI is InChI=1S/C27H31N3O3/c1-3-22(19-11-7-5-8-12-19)28-26(31)21-17-24(30-15-16-33-18-25(21)30)27(32)29-23(4-2)20-13-9-6-10-14-20/h5-14,17,22-23H,3-4,15-16,18H2,1-2H3,(H,28,31)(H,29,32)/t22-,23+/m1/s1. The summed E-state index contributed by atoms with van der Waals surface area (Å²) >= 11 is 0. The van der Waals surface area contributed by atoms with Gasteiger partial charge < -0.3 is 19.9 Å². The molecule has 0 aliphatic carbocycles. The number of hydrogen-bond acceptors (Lipinski definition) is 3. The number of nitrogens with one attached hydrogen (secondary N) is 2. The van der Waals surface area contributed by atoms with E-state index in [1.165, 1.54) is 0 Å². The maximum Gasteiger partial charge on any atom is 0.268 e. The first-order chi connectivity index (χ1) is 16.1. The Kier molecular flexibility index (Phi) is 7.25. The summed E-state index contributed by atoms with van der Waals surface area (Å²) in [6, 6.07) is 21.4. The van der Waals surface area contributed by atoms with Crippen molar-refractivity contribution >= 4 is 11.8 Å². The normalized spacial score (nSPS) is 14.7. The summed E-state index contributed by atoms with van der Waals surface area (Å²) in [5.41, 5.74) is 3.88. The van der Waals surface area contributed by atoms with Crippen molar-refractivity contribution in [2.45, 2.75) is 51.9 Å². The van der Waals surface area contributed by atoms with Gasteiger partial charge in [0.25, 0.3) is 11.8 Å². The van der Waals surface area contributed by atoms with Crippen LogP contribution in [0.15, 0.2) is 66.7 Å². The zero-order chi connectivity index (χ0) is 23.2. The second kappa shape index (κ2) is 10.5. The number of carbonyl (C=O) groups excluding carboxylic acids is 2. The topological polar surface area (TPSA) is 72.4 Å². The number of nitrogens with zero attached hydrogens (tertiary/aromatic N) is 1. The van der Waals surface area contributed by atoms with E-state index in [0.717, 1.165) is 29.7 Å². The van der Waals surface area contributed by atoms with Crippen LogP contribution in [0.5, 0.6) is 0 Å². The molecule has 6 nitrogen and oxygen atoms in total.